The van der Waals surface area contributed by atoms with Gasteiger partial charge in [-0.2, -0.15) is 4.99 Å². The van der Waals surface area contributed by atoms with Gasteiger partial charge in [-0.05, 0) is 24.3 Å². The zero-order chi connectivity index (χ0) is 16.6. The van der Waals surface area contributed by atoms with Gasteiger partial charge in [0, 0.05) is 10.9 Å². The van der Waals surface area contributed by atoms with Crippen molar-refractivity contribution in [2.45, 2.75) is 11.3 Å². The van der Waals surface area contributed by atoms with E-state index in [1.165, 1.54) is 11.8 Å². The molecule has 3 rings (SSSR count). The van der Waals surface area contributed by atoms with E-state index >= 15 is 0 Å². The van der Waals surface area contributed by atoms with Crippen LogP contribution in [0.4, 0.5) is 5.69 Å². The predicted octanol–water partition coefficient (Wildman–Crippen LogP) is 1.54. The van der Waals surface area contributed by atoms with Gasteiger partial charge in [0.05, 0.1) is 24.7 Å². The number of amides is 1. The summed E-state index contributed by atoms with van der Waals surface area (Å²) < 4.78 is 29.0. The number of nitrogens with zero attached hydrogens (tertiary/aromatic N) is 2. The van der Waals surface area contributed by atoms with Gasteiger partial charge in [0.1, 0.15) is 11.6 Å². The van der Waals surface area contributed by atoms with E-state index in [2.05, 4.69) is 4.99 Å². The molecule has 0 saturated carbocycles. The molecule has 0 aliphatic carbocycles. The van der Waals surface area contributed by atoms with Crippen molar-refractivity contribution < 1.29 is 17.9 Å². The molecule has 2 aliphatic heterocycles. The Balaban J connectivity index is 1.99. The van der Waals surface area contributed by atoms with Crippen molar-refractivity contribution >= 4 is 50.0 Å². The maximum atomic E-state index is 11.9. The number of anilines is 1. The topological polar surface area (TPSA) is 76.0 Å². The number of methoxy groups -OCH3 is 1. The van der Waals surface area contributed by atoms with Crippen LogP contribution in [0.2, 0.25) is 0 Å². The van der Waals surface area contributed by atoms with Gasteiger partial charge in [-0.3, -0.25) is 4.79 Å². The first-order chi connectivity index (χ1) is 10.9. The lowest BCUT2D eigenvalue weighted by Gasteiger charge is -2.24. The van der Waals surface area contributed by atoms with Gasteiger partial charge in [-0.15, -0.1) is 11.6 Å². The van der Waals surface area contributed by atoms with Crippen molar-refractivity contribution in [3.05, 3.63) is 24.3 Å². The number of carbonyl (C=O) groups is 1. The summed E-state index contributed by atoms with van der Waals surface area (Å²) in [6.45, 7) is 0. The van der Waals surface area contributed by atoms with Gasteiger partial charge < -0.3 is 9.64 Å². The Hall–Kier alpha value is -1.25. The normalized spacial score (nSPS) is 27.2. The Morgan fingerprint density at radius 1 is 1.39 bits per heavy atom. The third-order valence-corrected chi connectivity index (χ3v) is 7.19. The van der Waals surface area contributed by atoms with Gasteiger partial charge in [0.15, 0.2) is 15.0 Å². The number of ether oxygens (including phenoxy) is 1. The van der Waals surface area contributed by atoms with Crippen molar-refractivity contribution in [3.63, 3.8) is 0 Å². The third-order valence-electron chi connectivity index (χ3n) is 3.75. The van der Waals surface area contributed by atoms with Gasteiger partial charge in [-0.1, -0.05) is 11.8 Å². The summed E-state index contributed by atoms with van der Waals surface area (Å²) in [7, 11) is -1.49. The fourth-order valence-corrected chi connectivity index (χ4v) is 6.74. The second kappa shape index (κ2) is 6.33. The minimum atomic E-state index is -3.07. The molecule has 9 heteroatoms. The second-order valence-electron chi connectivity index (χ2n) is 5.29. The van der Waals surface area contributed by atoms with Crippen molar-refractivity contribution in [1.29, 1.82) is 0 Å². The number of amidine groups is 1. The van der Waals surface area contributed by atoms with Crippen molar-refractivity contribution in [3.8, 4) is 5.75 Å². The lowest BCUT2D eigenvalue weighted by Crippen LogP contribution is -2.37. The molecule has 2 fully saturated rings. The smallest absolute Gasteiger partial charge is 0.262 e. The van der Waals surface area contributed by atoms with Crippen LogP contribution in [0.25, 0.3) is 0 Å². The van der Waals surface area contributed by atoms with Crippen LogP contribution in [0.1, 0.15) is 0 Å². The number of sulfone groups is 1. The quantitative estimate of drug-likeness (QED) is 0.747. The largest absolute Gasteiger partial charge is 0.497 e. The minimum absolute atomic E-state index is 0.0603. The van der Waals surface area contributed by atoms with Crippen LogP contribution < -0.4 is 9.64 Å². The molecule has 0 aromatic heterocycles. The maximum Gasteiger partial charge on any atom is 0.262 e. The van der Waals surface area contributed by atoms with Crippen molar-refractivity contribution in [2.75, 3.05) is 29.4 Å². The van der Waals surface area contributed by atoms with Gasteiger partial charge in [0.25, 0.3) is 5.91 Å². The molecular weight excluding hydrogens is 360 g/mol. The van der Waals surface area contributed by atoms with Crippen LogP contribution >= 0.6 is 23.4 Å². The molecule has 2 atom stereocenters. The number of carbonyl (C=O) groups excluding carboxylic acids is 1. The SMILES string of the molecule is COc1ccc(N2C(=NC(=O)CCl)S[C@@H]3CS(=O)(=O)C[C@@H]32)cc1. The molecule has 0 radical (unpaired) electrons. The maximum absolute atomic E-state index is 11.9. The number of fused-ring (bicyclic) bond motifs is 1. The Bertz CT molecular complexity index is 749. The molecule has 0 N–H and O–H groups in total. The number of halogens is 1. The molecule has 1 aromatic rings. The Kier molecular flexibility index (Phi) is 4.57. The minimum Gasteiger partial charge on any atom is -0.497 e. The molecule has 2 saturated heterocycles. The van der Waals surface area contributed by atoms with Gasteiger partial charge in [0.2, 0.25) is 0 Å². The van der Waals surface area contributed by atoms with Crippen LogP contribution in [0, 0.1) is 0 Å². The molecule has 1 aromatic carbocycles. The first-order valence-corrected chi connectivity index (χ1v) is 10.1. The number of hydrogen-bond donors (Lipinski definition) is 0. The lowest BCUT2D eigenvalue weighted by molar-refractivity contribution is -0.115. The molecular formula is C14H15ClN2O4S2. The standard InChI is InChI=1S/C14H15ClN2O4S2/c1-21-10-4-2-9(3-5-10)17-11-7-23(19,20)8-12(11)22-14(17)16-13(18)6-15/h2-5,11-12H,6-8H2,1H3/t11-,12+/m0/s1. The first-order valence-electron chi connectivity index (χ1n) is 6.91. The van der Waals surface area contributed by atoms with Crippen molar-refractivity contribution in [1.82, 2.24) is 0 Å². The molecule has 1 amide bonds. The summed E-state index contributed by atoms with van der Waals surface area (Å²) in [5, 5.41) is 0.384. The van der Waals surface area contributed by atoms with E-state index in [0.29, 0.717) is 10.9 Å². The zero-order valence-corrected chi connectivity index (χ0v) is 14.7. The molecule has 0 spiro atoms. The average Bonchev–Trinajstić information content (AvgIpc) is 2.98. The Morgan fingerprint density at radius 3 is 2.70 bits per heavy atom. The molecule has 23 heavy (non-hydrogen) atoms. The van der Waals surface area contributed by atoms with Crippen molar-refractivity contribution in [2.24, 2.45) is 4.99 Å². The Morgan fingerprint density at radius 2 is 2.09 bits per heavy atom. The highest BCUT2D eigenvalue weighted by atomic mass is 35.5. The summed E-state index contributed by atoms with van der Waals surface area (Å²) >= 11 is 6.86. The highest BCUT2D eigenvalue weighted by Gasteiger charge is 2.49. The van der Waals surface area contributed by atoms with Gasteiger partial charge >= 0.3 is 0 Å². The van der Waals surface area contributed by atoms with Crippen LogP contribution in [0.5, 0.6) is 5.75 Å². The number of rotatable bonds is 3. The number of hydrogen-bond acceptors (Lipinski definition) is 5. The third kappa shape index (κ3) is 3.34. The highest BCUT2D eigenvalue weighted by molar-refractivity contribution is 8.16. The van der Waals surface area contributed by atoms with Crippen LogP contribution in [0.15, 0.2) is 29.3 Å². The van der Waals surface area contributed by atoms with E-state index in [4.69, 9.17) is 16.3 Å². The number of benzene rings is 1. The second-order valence-corrected chi connectivity index (χ2v) is 8.92. The number of thioether (sulfide) groups is 1. The van der Waals surface area contributed by atoms with E-state index < -0.39 is 15.7 Å². The summed E-state index contributed by atoms with van der Waals surface area (Å²) in [5.41, 5.74) is 0.782. The molecule has 2 heterocycles. The average molecular weight is 375 g/mol. The van der Waals surface area contributed by atoms with E-state index in [-0.39, 0.29) is 28.7 Å². The molecule has 2 aliphatic rings. The zero-order valence-electron chi connectivity index (χ0n) is 12.3. The molecule has 6 nitrogen and oxygen atoms in total. The molecule has 124 valence electrons. The van der Waals surface area contributed by atoms with Gasteiger partial charge in [-0.25, -0.2) is 8.42 Å². The molecule has 0 unspecified atom stereocenters. The highest BCUT2D eigenvalue weighted by Crippen LogP contribution is 2.41. The number of alkyl halides is 1. The summed E-state index contributed by atoms with van der Waals surface area (Å²) in [6, 6.07) is 7.01. The van der Waals surface area contributed by atoms with E-state index in [0.717, 1.165) is 5.69 Å². The number of aliphatic imine (C=N–C) groups is 1. The monoisotopic (exact) mass is 374 g/mol. The van der Waals surface area contributed by atoms with E-state index in [9.17, 15) is 13.2 Å². The van der Waals surface area contributed by atoms with E-state index in [1.54, 1.807) is 19.2 Å². The fraction of sp³-hybridized carbons (Fsp3) is 0.429. The van der Waals surface area contributed by atoms with Crippen LogP contribution in [-0.2, 0) is 14.6 Å². The lowest BCUT2D eigenvalue weighted by atomic mass is 10.2. The summed E-state index contributed by atoms with van der Waals surface area (Å²) in [5.74, 6) is 0.226. The fourth-order valence-electron chi connectivity index (χ4n) is 2.75. The van der Waals surface area contributed by atoms with E-state index in [1.807, 2.05) is 17.0 Å². The molecule has 0 bridgehead atoms. The first kappa shape index (κ1) is 16.6. The summed E-state index contributed by atoms with van der Waals surface area (Å²) in [6.07, 6.45) is 0. The summed E-state index contributed by atoms with van der Waals surface area (Å²) in [4.78, 5) is 17.5. The Labute approximate surface area is 143 Å². The van der Waals surface area contributed by atoms with Crippen LogP contribution in [0.3, 0.4) is 0 Å². The predicted molar refractivity (Wildman–Crippen MR) is 92.5 cm³/mol. The van der Waals surface area contributed by atoms with Crippen LogP contribution in [-0.4, -0.2) is 55.3 Å².